The lowest BCUT2D eigenvalue weighted by Gasteiger charge is -2.11. The molecular formula is C15H17N5O5. The Bertz CT molecular complexity index is 801. The predicted molar refractivity (Wildman–Crippen MR) is 88.5 cm³/mol. The Balaban J connectivity index is 2.27. The maximum Gasteiger partial charge on any atom is 0.270 e. The minimum Gasteiger partial charge on any atom is -0.383 e. The number of carbonyl (C=O) groups excluding carboxylic acids is 2. The first-order valence-corrected chi connectivity index (χ1v) is 7.28. The Labute approximate surface area is 142 Å². The largest absolute Gasteiger partial charge is 0.383 e. The summed E-state index contributed by atoms with van der Waals surface area (Å²) < 4.78 is 6.30. The fraction of sp³-hybridized carbons (Fsp3) is 0.267. The van der Waals surface area contributed by atoms with Gasteiger partial charge in [0.25, 0.3) is 17.5 Å². The number of nitrogens with zero attached hydrogens (tertiary/aromatic N) is 3. The van der Waals surface area contributed by atoms with Crippen molar-refractivity contribution >= 4 is 23.2 Å². The molecule has 0 radical (unpaired) electrons. The van der Waals surface area contributed by atoms with E-state index in [0.717, 1.165) is 6.07 Å². The van der Waals surface area contributed by atoms with Crippen LogP contribution in [-0.2, 0) is 11.8 Å². The second kappa shape index (κ2) is 8.02. The van der Waals surface area contributed by atoms with Gasteiger partial charge in [0.15, 0.2) is 0 Å². The van der Waals surface area contributed by atoms with Crippen molar-refractivity contribution in [2.24, 2.45) is 7.05 Å². The van der Waals surface area contributed by atoms with Gasteiger partial charge in [0.1, 0.15) is 0 Å². The van der Waals surface area contributed by atoms with E-state index in [1.165, 1.54) is 36.3 Å². The zero-order valence-corrected chi connectivity index (χ0v) is 13.7. The lowest BCUT2D eigenvalue weighted by molar-refractivity contribution is -0.384. The molecular weight excluding hydrogens is 330 g/mol. The van der Waals surface area contributed by atoms with Gasteiger partial charge in [-0.25, -0.2) is 0 Å². The van der Waals surface area contributed by atoms with Crippen LogP contribution in [0.15, 0.2) is 30.6 Å². The first-order valence-electron chi connectivity index (χ1n) is 7.28. The minimum absolute atomic E-state index is 0.0115. The first kappa shape index (κ1) is 18.1. The number of nitro groups is 1. The zero-order chi connectivity index (χ0) is 18.4. The van der Waals surface area contributed by atoms with E-state index in [0.29, 0.717) is 5.56 Å². The Kier molecular flexibility index (Phi) is 5.79. The van der Waals surface area contributed by atoms with E-state index < -0.39 is 16.7 Å². The normalized spacial score (nSPS) is 10.3. The molecule has 0 saturated heterocycles. The van der Waals surface area contributed by atoms with Gasteiger partial charge in [0.2, 0.25) is 0 Å². The summed E-state index contributed by atoms with van der Waals surface area (Å²) >= 11 is 0. The number of amides is 2. The van der Waals surface area contributed by atoms with Gasteiger partial charge in [-0.05, 0) is 6.07 Å². The molecule has 2 N–H and O–H groups in total. The summed E-state index contributed by atoms with van der Waals surface area (Å²) in [6, 6.07) is 3.64. The number of non-ortho nitro benzene ring substituents is 1. The number of hydrogen-bond acceptors (Lipinski definition) is 6. The smallest absolute Gasteiger partial charge is 0.270 e. The number of aromatic nitrogens is 2. The molecule has 0 aliphatic rings. The predicted octanol–water partition coefficient (Wildman–Crippen LogP) is 0.957. The number of hydrogen-bond donors (Lipinski definition) is 2. The highest BCUT2D eigenvalue weighted by Gasteiger charge is 2.19. The van der Waals surface area contributed by atoms with E-state index in [1.807, 2.05) is 0 Å². The average Bonchev–Trinajstić information content (AvgIpc) is 3.01. The molecule has 2 aromatic rings. The van der Waals surface area contributed by atoms with E-state index in [2.05, 4.69) is 15.7 Å². The third-order valence-electron chi connectivity index (χ3n) is 3.27. The number of benzene rings is 1. The quantitative estimate of drug-likeness (QED) is 0.436. The van der Waals surface area contributed by atoms with Gasteiger partial charge in [-0.3, -0.25) is 24.4 Å². The van der Waals surface area contributed by atoms with Gasteiger partial charge in [-0.15, -0.1) is 0 Å². The van der Waals surface area contributed by atoms with Gasteiger partial charge in [0.05, 0.1) is 34.5 Å². The third kappa shape index (κ3) is 4.61. The van der Waals surface area contributed by atoms with Crippen LogP contribution >= 0.6 is 0 Å². The molecule has 2 amide bonds. The number of methoxy groups -OCH3 is 1. The summed E-state index contributed by atoms with van der Waals surface area (Å²) in [5.74, 6) is -1.03. The molecule has 0 bridgehead atoms. The highest BCUT2D eigenvalue weighted by molar-refractivity contribution is 6.09. The van der Waals surface area contributed by atoms with Crippen molar-refractivity contribution in [1.29, 1.82) is 0 Å². The van der Waals surface area contributed by atoms with Crippen molar-refractivity contribution in [3.8, 4) is 0 Å². The van der Waals surface area contributed by atoms with Crippen LogP contribution in [0.1, 0.15) is 20.7 Å². The highest BCUT2D eigenvalue weighted by Crippen LogP contribution is 2.23. The molecule has 10 nitrogen and oxygen atoms in total. The van der Waals surface area contributed by atoms with Crippen LogP contribution in [0.4, 0.5) is 11.4 Å². The van der Waals surface area contributed by atoms with E-state index in [4.69, 9.17) is 4.74 Å². The summed E-state index contributed by atoms with van der Waals surface area (Å²) in [5, 5.41) is 20.0. The van der Waals surface area contributed by atoms with Crippen molar-refractivity contribution in [1.82, 2.24) is 15.1 Å². The molecule has 2 rings (SSSR count). The maximum absolute atomic E-state index is 12.3. The van der Waals surface area contributed by atoms with Gasteiger partial charge in [-0.1, -0.05) is 0 Å². The molecule has 0 saturated carbocycles. The van der Waals surface area contributed by atoms with Gasteiger partial charge >= 0.3 is 0 Å². The number of nitro benzene ring substituents is 1. The Morgan fingerprint density at radius 3 is 2.72 bits per heavy atom. The summed E-state index contributed by atoms with van der Waals surface area (Å²) in [6.45, 7) is 0.520. The van der Waals surface area contributed by atoms with Crippen LogP contribution in [0, 0.1) is 10.1 Å². The van der Waals surface area contributed by atoms with Crippen LogP contribution in [0.5, 0.6) is 0 Å². The van der Waals surface area contributed by atoms with Gasteiger partial charge in [-0.2, -0.15) is 5.10 Å². The van der Waals surface area contributed by atoms with Crippen molar-refractivity contribution in [3.63, 3.8) is 0 Å². The number of carbonyl (C=O) groups is 2. The standard InChI is InChI=1S/C15H17N5O5/c1-19-9-10(8-17-19)14(21)18-13-4-3-11(20(23)24)7-12(13)15(22)16-5-6-25-2/h3-4,7-9H,5-6H2,1-2H3,(H,16,22)(H,18,21). The van der Waals surface area contributed by atoms with E-state index in [-0.39, 0.29) is 30.1 Å². The first-order chi connectivity index (χ1) is 11.9. The summed E-state index contributed by atoms with van der Waals surface area (Å²) in [6.07, 6.45) is 2.89. The lowest BCUT2D eigenvalue weighted by atomic mass is 10.1. The monoisotopic (exact) mass is 347 g/mol. The van der Waals surface area contributed by atoms with Gasteiger partial charge < -0.3 is 15.4 Å². The number of nitrogens with one attached hydrogen (secondary N) is 2. The van der Waals surface area contributed by atoms with Gasteiger partial charge in [0, 0.05) is 39.0 Å². The highest BCUT2D eigenvalue weighted by atomic mass is 16.6. The number of ether oxygens (including phenoxy) is 1. The van der Waals surface area contributed by atoms with Crippen LogP contribution in [0.25, 0.3) is 0 Å². The molecule has 0 spiro atoms. The average molecular weight is 347 g/mol. The van der Waals surface area contributed by atoms with Crippen LogP contribution in [0.2, 0.25) is 0 Å². The van der Waals surface area contributed by atoms with E-state index in [1.54, 1.807) is 7.05 Å². The molecule has 1 aromatic carbocycles. The molecule has 1 heterocycles. The zero-order valence-electron chi connectivity index (χ0n) is 13.7. The minimum atomic E-state index is -0.612. The molecule has 25 heavy (non-hydrogen) atoms. The topological polar surface area (TPSA) is 128 Å². The van der Waals surface area contributed by atoms with Crippen molar-refractivity contribution in [3.05, 3.63) is 51.8 Å². The molecule has 0 aliphatic carbocycles. The van der Waals surface area contributed by atoms with E-state index >= 15 is 0 Å². The Hall–Kier alpha value is -3.27. The lowest BCUT2D eigenvalue weighted by Crippen LogP contribution is -2.28. The Morgan fingerprint density at radius 1 is 1.36 bits per heavy atom. The molecule has 10 heteroatoms. The Morgan fingerprint density at radius 2 is 2.12 bits per heavy atom. The van der Waals surface area contributed by atoms with Crippen LogP contribution in [0.3, 0.4) is 0 Å². The molecule has 0 unspecified atom stereocenters. The second-order valence-corrected chi connectivity index (χ2v) is 5.09. The summed E-state index contributed by atoms with van der Waals surface area (Å²) in [5.41, 5.74) is 0.194. The number of rotatable bonds is 7. The van der Waals surface area contributed by atoms with E-state index in [9.17, 15) is 19.7 Å². The molecule has 1 aromatic heterocycles. The van der Waals surface area contributed by atoms with Crippen LogP contribution < -0.4 is 10.6 Å². The summed E-state index contributed by atoms with van der Waals surface area (Å²) in [7, 11) is 3.15. The number of anilines is 1. The van der Waals surface area contributed by atoms with Crippen molar-refractivity contribution < 1.29 is 19.2 Å². The maximum atomic E-state index is 12.3. The summed E-state index contributed by atoms with van der Waals surface area (Å²) in [4.78, 5) is 34.8. The number of aryl methyl sites for hydroxylation is 1. The fourth-order valence-corrected chi connectivity index (χ4v) is 2.04. The van der Waals surface area contributed by atoms with Crippen molar-refractivity contribution in [2.75, 3.05) is 25.6 Å². The second-order valence-electron chi connectivity index (χ2n) is 5.09. The van der Waals surface area contributed by atoms with Crippen LogP contribution in [-0.4, -0.2) is 46.8 Å². The molecule has 0 atom stereocenters. The SMILES string of the molecule is COCCNC(=O)c1cc([N+](=O)[O-])ccc1NC(=O)c1cnn(C)c1. The third-order valence-corrected chi connectivity index (χ3v) is 3.27. The molecule has 0 fully saturated rings. The molecule has 132 valence electrons. The molecule has 0 aliphatic heterocycles. The van der Waals surface area contributed by atoms with Crippen molar-refractivity contribution in [2.45, 2.75) is 0 Å². The fourth-order valence-electron chi connectivity index (χ4n) is 2.04.